The van der Waals surface area contributed by atoms with Crippen molar-refractivity contribution in [1.82, 2.24) is 10.6 Å². The van der Waals surface area contributed by atoms with Crippen LogP contribution in [0, 0.1) is 0 Å². The first-order valence-electron chi connectivity index (χ1n) is 8.22. The van der Waals surface area contributed by atoms with Crippen LogP contribution in [0.25, 0.3) is 0 Å². The molecule has 1 heterocycles. The molecule has 140 valence electrons. The van der Waals surface area contributed by atoms with Gasteiger partial charge in [0.1, 0.15) is 5.75 Å². The van der Waals surface area contributed by atoms with Gasteiger partial charge in [-0.25, -0.2) is 0 Å². The Kier molecular flexibility index (Phi) is 8.31. The van der Waals surface area contributed by atoms with Gasteiger partial charge in [0.25, 0.3) is 5.91 Å². The second-order valence-electron chi connectivity index (χ2n) is 5.46. The van der Waals surface area contributed by atoms with Crippen molar-refractivity contribution in [3.8, 4) is 5.75 Å². The number of rotatable bonds is 10. The third kappa shape index (κ3) is 6.98. The van der Waals surface area contributed by atoms with Crippen molar-refractivity contribution in [1.29, 1.82) is 0 Å². The summed E-state index contributed by atoms with van der Waals surface area (Å²) in [5.74, 6) is 0.472. The van der Waals surface area contributed by atoms with Crippen LogP contribution in [0.5, 0.6) is 5.75 Å². The third-order valence-electron chi connectivity index (χ3n) is 3.41. The van der Waals surface area contributed by atoms with Crippen LogP contribution in [-0.4, -0.2) is 31.5 Å². The highest BCUT2D eigenvalue weighted by atomic mass is 35.5. The fourth-order valence-electron chi connectivity index (χ4n) is 2.11. The minimum absolute atomic E-state index is 0.0678. The highest BCUT2D eigenvalue weighted by Crippen LogP contribution is 2.27. The topological polar surface area (TPSA) is 80.6 Å². The molecular formula is C18H20Cl2N2O4. The van der Waals surface area contributed by atoms with Gasteiger partial charge < -0.3 is 19.8 Å². The summed E-state index contributed by atoms with van der Waals surface area (Å²) in [6, 6.07) is 8.26. The lowest BCUT2D eigenvalue weighted by atomic mass is 10.3. The molecule has 0 atom stereocenters. The fraction of sp³-hybridized carbons (Fsp3) is 0.333. The minimum atomic E-state index is -0.284. The second-order valence-corrected chi connectivity index (χ2v) is 6.31. The van der Waals surface area contributed by atoms with E-state index in [9.17, 15) is 9.59 Å². The lowest BCUT2D eigenvalue weighted by Crippen LogP contribution is -2.28. The fourth-order valence-corrected chi connectivity index (χ4v) is 2.57. The first kappa shape index (κ1) is 20.1. The molecule has 0 saturated carbocycles. The van der Waals surface area contributed by atoms with E-state index < -0.39 is 0 Å². The number of halogens is 2. The van der Waals surface area contributed by atoms with E-state index in [0.29, 0.717) is 54.8 Å². The van der Waals surface area contributed by atoms with E-state index in [1.165, 1.54) is 6.26 Å². The third-order valence-corrected chi connectivity index (χ3v) is 3.94. The van der Waals surface area contributed by atoms with Gasteiger partial charge in [-0.05, 0) is 43.2 Å². The normalized spacial score (nSPS) is 10.4. The monoisotopic (exact) mass is 398 g/mol. The number of carbonyl (C=O) groups is 2. The van der Waals surface area contributed by atoms with Crippen molar-refractivity contribution in [3.05, 3.63) is 52.4 Å². The summed E-state index contributed by atoms with van der Waals surface area (Å²) in [7, 11) is 0. The maximum atomic E-state index is 11.7. The van der Waals surface area contributed by atoms with E-state index in [2.05, 4.69) is 10.6 Å². The number of ether oxygens (including phenoxy) is 1. The molecule has 1 aromatic heterocycles. The summed E-state index contributed by atoms with van der Waals surface area (Å²) < 4.78 is 10.5. The Balaban J connectivity index is 1.50. The predicted molar refractivity (Wildman–Crippen MR) is 99.9 cm³/mol. The number of hydrogen-bond donors (Lipinski definition) is 2. The SMILES string of the molecule is O=C(CCCNC(=O)c1ccco1)NCCCOc1ccc(Cl)cc1Cl. The molecule has 0 aliphatic carbocycles. The predicted octanol–water partition coefficient (Wildman–Crippen LogP) is 3.68. The van der Waals surface area contributed by atoms with Crippen molar-refractivity contribution < 1.29 is 18.7 Å². The largest absolute Gasteiger partial charge is 0.492 e. The maximum Gasteiger partial charge on any atom is 0.286 e. The zero-order chi connectivity index (χ0) is 18.8. The first-order valence-corrected chi connectivity index (χ1v) is 8.98. The first-order chi connectivity index (χ1) is 12.6. The number of carbonyl (C=O) groups excluding carboxylic acids is 2. The molecule has 0 spiro atoms. The van der Waals surface area contributed by atoms with Crippen molar-refractivity contribution in [2.75, 3.05) is 19.7 Å². The van der Waals surface area contributed by atoms with Crippen molar-refractivity contribution in [2.45, 2.75) is 19.3 Å². The van der Waals surface area contributed by atoms with Crippen molar-refractivity contribution >= 4 is 35.0 Å². The molecule has 2 N–H and O–H groups in total. The molecule has 0 fully saturated rings. The van der Waals surface area contributed by atoms with Gasteiger partial charge in [0.05, 0.1) is 17.9 Å². The average molecular weight is 399 g/mol. The van der Waals surface area contributed by atoms with E-state index >= 15 is 0 Å². The van der Waals surface area contributed by atoms with Crippen LogP contribution in [0.1, 0.15) is 29.8 Å². The molecule has 2 aromatic rings. The summed E-state index contributed by atoms with van der Waals surface area (Å²) in [6.07, 6.45) is 2.98. The lowest BCUT2D eigenvalue weighted by molar-refractivity contribution is -0.121. The molecule has 0 aliphatic rings. The Morgan fingerprint density at radius 1 is 1.08 bits per heavy atom. The molecule has 0 saturated heterocycles. The molecule has 0 radical (unpaired) electrons. The van der Waals surface area contributed by atoms with E-state index in [1.807, 2.05) is 0 Å². The van der Waals surface area contributed by atoms with Gasteiger partial charge in [0, 0.05) is 24.5 Å². The Morgan fingerprint density at radius 3 is 2.62 bits per heavy atom. The number of benzene rings is 1. The molecule has 0 bridgehead atoms. The van der Waals surface area contributed by atoms with Crippen LogP contribution in [0.3, 0.4) is 0 Å². The standard InChI is InChI=1S/C18H20Cl2N2O4/c19-13-6-7-15(14(20)12-13)25-11-3-9-21-17(23)5-1-8-22-18(24)16-4-2-10-26-16/h2,4,6-7,10,12H,1,3,5,8-9,11H2,(H,21,23)(H,22,24). The molecule has 2 amide bonds. The second kappa shape index (κ2) is 10.7. The van der Waals surface area contributed by atoms with E-state index in [-0.39, 0.29) is 17.6 Å². The van der Waals surface area contributed by atoms with Crippen LogP contribution in [0.15, 0.2) is 41.0 Å². The smallest absolute Gasteiger partial charge is 0.286 e. The zero-order valence-electron chi connectivity index (χ0n) is 14.1. The average Bonchev–Trinajstić information content (AvgIpc) is 3.14. The van der Waals surface area contributed by atoms with Crippen LogP contribution < -0.4 is 15.4 Å². The van der Waals surface area contributed by atoms with Crippen molar-refractivity contribution in [2.24, 2.45) is 0 Å². The van der Waals surface area contributed by atoms with Gasteiger partial charge in [-0.15, -0.1) is 0 Å². The van der Waals surface area contributed by atoms with Crippen LogP contribution in [-0.2, 0) is 4.79 Å². The van der Waals surface area contributed by atoms with E-state index in [0.717, 1.165) is 0 Å². The highest BCUT2D eigenvalue weighted by Gasteiger charge is 2.08. The lowest BCUT2D eigenvalue weighted by Gasteiger charge is -2.09. The van der Waals surface area contributed by atoms with Gasteiger partial charge in [-0.3, -0.25) is 9.59 Å². The zero-order valence-corrected chi connectivity index (χ0v) is 15.6. The molecule has 0 unspecified atom stereocenters. The molecule has 26 heavy (non-hydrogen) atoms. The Bertz CT molecular complexity index is 720. The quantitative estimate of drug-likeness (QED) is 0.598. The minimum Gasteiger partial charge on any atom is -0.492 e. The molecule has 6 nitrogen and oxygen atoms in total. The Labute approximate surface area is 161 Å². The van der Waals surface area contributed by atoms with E-state index in [4.69, 9.17) is 32.4 Å². The van der Waals surface area contributed by atoms with Gasteiger partial charge in [0.15, 0.2) is 5.76 Å². The molecular weight excluding hydrogens is 379 g/mol. The highest BCUT2D eigenvalue weighted by molar-refractivity contribution is 6.35. The van der Waals surface area contributed by atoms with Crippen LogP contribution in [0.4, 0.5) is 0 Å². The number of furan rings is 1. The van der Waals surface area contributed by atoms with Gasteiger partial charge >= 0.3 is 0 Å². The van der Waals surface area contributed by atoms with E-state index in [1.54, 1.807) is 30.3 Å². The summed E-state index contributed by atoms with van der Waals surface area (Å²) in [6.45, 7) is 1.34. The summed E-state index contributed by atoms with van der Waals surface area (Å²) in [4.78, 5) is 23.3. The van der Waals surface area contributed by atoms with Gasteiger partial charge in [0.2, 0.25) is 5.91 Å². The Morgan fingerprint density at radius 2 is 1.88 bits per heavy atom. The number of amides is 2. The van der Waals surface area contributed by atoms with Crippen molar-refractivity contribution in [3.63, 3.8) is 0 Å². The number of hydrogen-bond acceptors (Lipinski definition) is 4. The molecule has 1 aromatic carbocycles. The summed E-state index contributed by atoms with van der Waals surface area (Å²) >= 11 is 11.8. The molecule has 2 rings (SSSR count). The Hall–Kier alpha value is -2.18. The number of nitrogens with one attached hydrogen (secondary N) is 2. The molecule has 8 heteroatoms. The maximum absolute atomic E-state index is 11.7. The summed E-state index contributed by atoms with van der Waals surface area (Å²) in [5.41, 5.74) is 0. The van der Waals surface area contributed by atoms with Gasteiger partial charge in [-0.1, -0.05) is 23.2 Å². The van der Waals surface area contributed by atoms with Crippen LogP contribution >= 0.6 is 23.2 Å². The molecule has 0 aliphatic heterocycles. The van der Waals surface area contributed by atoms with Gasteiger partial charge in [-0.2, -0.15) is 0 Å². The van der Waals surface area contributed by atoms with Crippen LogP contribution in [0.2, 0.25) is 10.0 Å². The summed E-state index contributed by atoms with van der Waals surface area (Å²) in [5, 5.41) is 6.50.